The van der Waals surface area contributed by atoms with Crippen LogP contribution in [0.15, 0.2) is 36.4 Å². The van der Waals surface area contributed by atoms with Crippen LogP contribution in [0.2, 0.25) is 0 Å². The van der Waals surface area contributed by atoms with Crippen LogP contribution < -0.4 is 10.6 Å². The molecule has 0 radical (unpaired) electrons. The molecule has 0 aliphatic heterocycles. The third-order valence-electron chi connectivity index (χ3n) is 3.80. The Hall–Kier alpha value is -1.87. The van der Waals surface area contributed by atoms with Crippen LogP contribution in [-0.2, 0) is 6.54 Å². The predicted octanol–water partition coefficient (Wildman–Crippen LogP) is 3.88. The highest BCUT2D eigenvalue weighted by molar-refractivity contribution is 7.80. The zero-order valence-electron chi connectivity index (χ0n) is 13.1. The summed E-state index contributed by atoms with van der Waals surface area (Å²) < 4.78 is 0. The second-order valence-electron chi connectivity index (χ2n) is 5.65. The molecule has 110 valence electrons. The number of hydrogen-bond acceptors (Lipinski definition) is 2. The Morgan fingerprint density at radius 2 is 1.76 bits per heavy atom. The van der Waals surface area contributed by atoms with Crippen molar-refractivity contribution < 1.29 is 0 Å². The number of thiocarbonyl (C=S) groups is 1. The topological polar surface area (TPSA) is 29.3 Å². The number of nitrogens with two attached hydrogens (primary N) is 1. The molecule has 0 aliphatic carbocycles. The molecule has 0 bridgehead atoms. The maximum absolute atomic E-state index is 5.68. The zero-order chi connectivity index (χ0) is 15.6. The molecular formula is C18H22N2S. The molecule has 0 heterocycles. The van der Waals surface area contributed by atoms with E-state index in [-0.39, 0.29) is 0 Å². The molecule has 0 unspecified atom stereocenters. The quantitative estimate of drug-likeness (QED) is 0.869. The third kappa shape index (κ3) is 3.61. The highest BCUT2D eigenvalue weighted by Gasteiger charge is 2.08. The minimum atomic E-state index is 0.451. The normalized spacial score (nSPS) is 10.5. The number of hydrogen-bond donors (Lipinski definition) is 1. The molecular weight excluding hydrogens is 276 g/mol. The van der Waals surface area contributed by atoms with E-state index >= 15 is 0 Å². The molecule has 2 aromatic rings. The SMILES string of the molecule is Cc1ccc(N(C)Cc2ccc(C(N)=S)cc2C)c(C)c1. The standard InChI is InChI=1S/C18H22N2S/c1-12-5-8-17(14(3)9-12)20(4)11-16-7-6-15(18(19)21)10-13(16)2/h5-10H,11H2,1-4H3,(H2,19,21). The monoisotopic (exact) mass is 298 g/mol. The van der Waals surface area contributed by atoms with Crippen molar-refractivity contribution in [2.45, 2.75) is 27.3 Å². The van der Waals surface area contributed by atoms with E-state index in [0.717, 1.165) is 12.1 Å². The van der Waals surface area contributed by atoms with Crippen LogP contribution in [0.25, 0.3) is 0 Å². The Kier molecular flexibility index (Phi) is 4.63. The van der Waals surface area contributed by atoms with E-state index < -0.39 is 0 Å². The van der Waals surface area contributed by atoms with Gasteiger partial charge in [0.2, 0.25) is 0 Å². The summed E-state index contributed by atoms with van der Waals surface area (Å²) in [5.74, 6) is 0. The molecule has 0 spiro atoms. The van der Waals surface area contributed by atoms with Gasteiger partial charge in [-0.05, 0) is 49.6 Å². The molecule has 0 fully saturated rings. The predicted molar refractivity (Wildman–Crippen MR) is 95.1 cm³/mol. The van der Waals surface area contributed by atoms with Crippen LogP contribution >= 0.6 is 12.2 Å². The molecule has 21 heavy (non-hydrogen) atoms. The smallest absolute Gasteiger partial charge is 0.103 e. The fraction of sp³-hybridized carbons (Fsp3) is 0.278. The van der Waals surface area contributed by atoms with Crippen molar-refractivity contribution in [2.75, 3.05) is 11.9 Å². The van der Waals surface area contributed by atoms with Crippen LogP contribution in [-0.4, -0.2) is 12.0 Å². The van der Waals surface area contributed by atoms with Gasteiger partial charge in [0.25, 0.3) is 0 Å². The van der Waals surface area contributed by atoms with E-state index in [1.807, 2.05) is 6.07 Å². The molecule has 3 heteroatoms. The van der Waals surface area contributed by atoms with E-state index in [9.17, 15) is 0 Å². The van der Waals surface area contributed by atoms with Gasteiger partial charge < -0.3 is 10.6 Å². The fourth-order valence-electron chi connectivity index (χ4n) is 2.60. The second kappa shape index (κ2) is 6.27. The minimum Gasteiger partial charge on any atom is -0.389 e. The summed E-state index contributed by atoms with van der Waals surface area (Å²) in [5.41, 5.74) is 13.0. The largest absolute Gasteiger partial charge is 0.389 e. The first-order chi connectivity index (χ1) is 9.88. The van der Waals surface area contributed by atoms with E-state index in [1.54, 1.807) is 0 Å². The first-order valence-corrected chi connectivity index (χ1v) is 7.47. The lowest BCUT2D eigenvalue weighted by Gasteiger charge is -2.23. The molecule has 0 aliphatic rings. The van der Waals surface area contributed by atoms with E-state index in [2.05, 4.69) is 63.1 Å². The van der Waals surface area contributed by atoms with Gasteiger partial charge in [-0.3, -0.25) is 0 Å². The molecule has 0 saturated heterocycles. The molecule has 0 amide bonds. The van der Waals surface area contributed by atoms with Crippen molar-refractivity contribution in [2.24, 2.45) is 5.73 Å². The summed E-state index contributed by atoms with van der Waals surface area (Å²) in [5, 5.41) is 0. The maximum Gasteiger partial charge on any atom is 0.103 e. The van der Waals surface area contributed by atoms with Gasteiger partial charge in [0.05, 0.1) is 0 Å². The van der Waals surface area contributed by atoms with E-state index in [1.165, 1.54) is 27.9 Å². The van der Waals surface area contributed by atoms with Crippen LogP contribution in [0.4, 0.5) is 5.69 Å². The van der Waals surface area contributed by atoms with Gasteiger partial charge in [-0.25, -0.2) is 0 Å². The zero-order valence-corrected chi connectivity index (χ0v) is 13.9. The van der Waals surface area contributed by atoms with E-state index in [4.69, 9.17) is 18.0 Å². The minimum absolute atomic E-state index is 0.451. The number of nitrogens with zero attached hydrogens (tertiary/aromatic N) is 1. The van der Waals surface area contributed by atoms with Gasteiger partial charge in [-0.2, -0.15) is 0 Å². The number of benzene rings is 2. The Bertz CT molecular complexity index is 677. The van der Waals surface area contributed by atoms with Crippen molar-refractivity contribution in [3.8, 4) is 0 Å². The third-order valence-corrected chi connectivity index (χ3v) is 4.03. The molecule has 2 aromatic carbocycles. The van der Waals surface area contributed by atoms with Crippen molar-refractivity contribution >= 4 is 22.9 Å². The lowest BCUT2D eigenvalue weighted by atomic mass is 10.0. The van der Waals surface area contributed by atoms with Crippen LogP contribution in [0.1, 0.15) is 27.8 Å². The van der Waals surface area contributed by atoms with Crippen molar-refractivity contribution in [1.82, 2.24) is 0 Å². The number of aryl methyl sites for hydroxylation is 3. The Labute approximate surface area is 132 Å². The van der Waals surface area contributed by atoms with Crippen LogP contribution in [0, 0.1) is 20.8 Å². The summed E-state index contributed by atoms with van der Waals surface area (Å²) in [6.07, 6.45) is 0. The van der Waals surface area contributed by atoms with E-state index in [0.29, 0.717) is 4.99 Å². The lowest BCUT2D eigenvalue weighted by Crippen LogP contribution is -2.18. The van der Waals surface area contributed by atoms with Gasteiger partial charge in [0, 0.05) is 24.8 Å². The van der Waals surface area contributed by atoms with Gasteiger partial charge >= 0.3 is 0 Å². The Morgan fingerprint density at radius 3 is 2.33 bits per heavy atom. The highest BCUT2D eigenvalue weighted by Crippen LogP contribution is 2.23. The maximum atomic E-state index is 5.68. The average molecular weight is 298 g/mol. The lowest BCUT2D eigenvalue weighted by molar-refractivity contribution is 0.908. The second-order valence-corrected chi connectivity index (χ2v) is 6.09. The number of rotatable bonds is 4. The summed E-state index contributed by atoms with van der Waals surface area (Å²) in [6.45, 7) is 7.25. The van der Waals surface area contributed by atoms with Gasteiger partial charge in [0.1, 0.15) is 4.99 Å². The fourth-order valence-corrected chi connectivity index (χ4v) is 2.73. The van der Waals surface area contributed by atoms with Crippen molar-refractivity contribution in [3.05, 3.63) is 64.2 Å². The number of anilines is 1. The van der Waals surface area contributed by atoms with Gasteiger partial charge in [-0.1, -0.05) is 42.0 Å². The van der Waals surface area contributed by atoms with Crippen molar-refractivity contribution in [3.63, 3.8) is 0 Å². The molecule has 0 atom stereocenters. The van der Waals surface area contributed by atoms with Gasteiger partial charge in [-0.15, -0.1) is 0 Å². The van der Waals surface area contributed by atoms with Crippen LogP contribution in [0.3, 0.4) is 0 Å². The molecule has 0 saturated carbocycles. The molecule has 2 N–H and O–H groups in total. The average Bonchev–Trinajstić information content (AvgIpc) is 2.40. The highest BCUT2D eigenvalue weighted by atomic mass is 32.1. The molecule has 2 nitrogen and oxygen atoms in total. The summed E-state index contributed by atoms with van der Waals surface area (Å²) in [7, 11) is 2.12. The molecule has 2 rings (SSSR count). The molecule has 0 aromatic heterocycles. The summed E-state index contributed by atoms with van der Waals surface area (Å²) in [4.78, 5) is 2.73. The first kappa shape index (κ1) is 15.5. The van der Waals surface area contributed by atoms with Gasteiger partial charge in [0.15, 0.2) is 0 Å². The summed E-state index contributed by atoms with van der Waals surface area (Å²) in [6, 6.07) is 12.7. The van der Waals surface area contributed by atoms with Crippen LogP contribution in [0.5, 0.6) is 0 Å². The van der Waals surface area contributed by atoms with Crippen molar-refractivity contribution in [1.29, 1.82) is 0 Å². The first-order valence-electron chi connectivity index (χ1n) is 7.06. The summed E-state index contributed by atoms with van der Waals surface area (Å²) >= 11 is 5.03. The Balaban J connectivity index is 2.23. The Morgan fingerprint density at radius 1 is 1.05 bits per heavy atom.